The van der Waals surface area contributed by atoms with E-state index in [0.29, 0.717) is 5.78 Å². The molecule has 0 spiro atoms. The zero-order valence-corrected chi connectivity index (χ0v) is 15.4. The number of rotatable bonds is 7. The molecular formula is C19H29ClN2O. The van der Waals surface area contributed by atoms with Crippen LogP contribution in [-0.4, -0.2) is 54.9 Å². The molecule has 0 saturated carbocycles. The molecule has 128 valence electrons. The Kier molecular flexibility index (Phi) is 7.07. The van der Waals surface area contributed by atoms with Crippen molar-refractivity contribution in [3.63, 3.8) is 0 Å². The van der Waals surface area contributed by atoms with Crippen molar-refractivity contribution in [3.05, 3.63) is 34.9 Å². The maximum atomic E-state index is 12.7. The Hall–Kier alpha value is -0.900. The quantitative estimate of drug-likeness (QED) is 0.759. The van der Waals surface area contributed by atoms with E-state index in [4.69, 9.17) is 11.6 Å². The fourth-order valence-corrected chi connectivity index (χ4v) is 3.35. The van der Waals surface area contributed by atoms with E-state index in [0.717, 1.165) is 43.3 Å². The van der Waals surface area contributed by atoms with Gasteiger partial charge in [0.15, 0.2) is 0 Å². The summed E-state index contributed by atoms with van der Waals surface area (Å²) in [6.45, 7) is 12.5. The molecule has 1 aliphatic rings. The Balaban J connectivity index is 2.04. The Bertz CT molecular complexity index is 493. The first-order chi connectivity index (χ1) is 11.0. The Labute approximate surface area is 145 Å². The van der Waals surface area contributed by atoms with E-state index in [-0.39, 0.29) is 11.8 Å². The zero-order valence-electron chi connectivity index (χ0n) is 14.6. The summed E-state index contributed by atoms with van der Waals surface area (Å²) in [6, 6.07) is 7.77. The second-order valence-electron chi connectivity index (χ2n) is 6.80. The van der Waals surface area contributed by atoms with Gasteiger partial charge >= 0.3 is 0 Å². The van der Waals surface area contributed by atoms with Gasteiger partial charge in [0.1, 0.15) is 5.78 Å². The molecule has 0 bridgehead atoms. The summed E-state index contributed by atoms with van der Waals surface area (Å²) < 4.78 is 0. The SMILES string of the molecule is CCCN1CCN(C[C@H](C(=O)C(C)C)c2ccc(Cl)cc2)CC1. The van der Waals surface area contributed by atoms with E-state index in [2.05, 4.69) is 16.7 Å². The van der Waals surface area contributed by atoms with Crippen LogP contribution in [0.15, 0.2) is 24.3 Å². The lowest BCUT2D eigenvalue weighted by molar-refractivity contribution is -0.124. The fraction of sp³-hybridized carbons (Fsp3) is 0.632. The Morgan fingerprint density at radius 2 is 1.65 bits per heavy atom. The van der Waals surface area contributed by atoms with Crippen LogP contribution >= 0.6 is 11.6 Å². The number of carbonyl (C=O) groups excluding carboxylic acids is 1. The summed E-state index contributed by atoms with van der Waals surface area (Å²) in [4.78, 5) is 17.6. The standard InChI is InChI=1S/C19H29ClN2O/c1-4-9-21-10-12-22(13-11-21)14-18(19(23)15(2)3)16-5-7-17(20)8-6-16/h5-8,15,18H,4,9-14H2,1-3H3/t18-/m0/s1. The van der Waals surface area contributed by atoms with Crippen LogP contribution in [0.3, 0.4) is 0 Å². The molecule has 1 fully saturated rings. The lowest BCUT2D eigenvalue weighted by Gasteiger charge is -2.36. The summed E-state index contributed by atoms with van der Waals surface area (Å²) in [6.07, 6.45) is 1.21. The molecule has 0 aliphatic carbocycles. The third-order valence-corrected chi connectivity index (χ3v) is 4.88. The van der Waals surface area contributed by atoms with Crippen molar-refractivity contribution < 1.29 is 4.79 Å². The molecule has 1 aromatic carbocycles. The predicted octanol–water partition coefficient (Wildman–Crippen LogP) is 3.68. The molecule has 1 atom stereocenters. The molecule has 0 aromatic heterocycles. The highest BCUT2D eigenvalue weighted by Gasteiger charge is 2.27. The second kappa shape index (κ2) is 8.81. The number of nitrogens with zero attached hydrogens (tertiary/aromatic N) is 2. The first-order valence-electron chi connectivity index (χ1n) is 8.75. The van der Waals surface area contributed by atoms with E-state index < -0.39 is 0 Å². The van der Waals surface area contributed by atoms with E-state index in [1.54, 1.807) is 0 Å². The topological polar surface area (TPSA) is 23.6 Å². The largest absolute Gasteiger partial charge is 0.301 e. The third kappa shape index (κ3) is 5.30. The molecule has 0 unspecified atom stereocenters. The van der Waals surface area contributed by atoms with Crippen molar-refractivity contribution in [1.29, 1.82) is 0 Å². The minimum absolute atomic E-state index is 0.0509. The summed E-state index contributed by atoms with van der Waals surface area (Å²) in [5.74, 6) is 0.324. The van der Waals surface area contributed by atoms with Gasteiger partial charge in [0.2, 0.25) is 0 Å². The number of piperazine rings is 1. The van der Waals surface area contributed by atoms with Gasteiger partial charge in [0, 0.05) is 43.7 Å². The van der Waals surface area contributed by atoms with Crippen molar-refractivity contribution in [2.24, 2.45) is 5.92 Å². The molecule has 0 N–H and O–H groups in total. The number of hydrogen-bond donors (Lipinski definition) is 0. The zero-order chi connectivity index (χ0) is 16.8. The van der Waals surface area contributed by atoms with Crippen LogP contribution in [0.25, 0.3) is 0 Å². The number of ketones is 1. The van der Waals surface area contributed by atoms with Crippen molar-refractivity contribution in [1.82, 2.24) is 9.80 Å². The van der Waals surface area contributed by atoms with Gasteiger partial charge in [-0.25, -0.2) is 0 Å². The van der Waals surface area contributed by atoms with Crippen LogP contribution in [-0.2, 0) is 4.79 Å². The lowest BCUT2D eigenvalue weighted by Crippen LogP contribution is -2.48. The van der Waals surface area contributed by atoms with Gasteiger partial charge in [0.05, 0.1) is 5.92 Å². The average Bonchev–Trinajstić information content (AvgIpc) is 2.55. The molecule has 1 aliphatic heterocycles. The third-order valence-electron chi connectivity index (χ3n) is 4.63. The highest BCUT2D eigenvalue weighted by Crippen LogP contribution is 2.24. The van der Waals surface area contributed by atoms with Gasteiger partial charge in [-0.3, -0.25) is 9.69 Å². The smallest absolute Gasteiger partial charge is 0.144 e. The first-order valence-corrected chi connectivity index (χ1v) is 9.13. The fourth-order valence-electron chi connectivity index (χ4n) is 3.23. The van der Waals surface area contributed by atoms with Crippen LogP contribution in [0.1, 0.15) is 38.7 Å². The van der Waals surface area contributed by atoms with Crippen molar-refractivity contribution in [2.75, 3.05) is 39.3 Å². The molecule has 1 aromatic rings. The first kappa shape index (κ1) is 18.4. The molecule has 2 rings (SSSR count). The highest BCUT2D eigenvalue weighted by molar-refractivity contribution is 6.30. The van der Waals surface area contributed by atoms with Crippen LogP contribution in [0.5, 0.6) is 0 Å². The maximum Gasteiger partial charge on any atom is 0.144 e. The van der Waals surface area contributed by atoms with E-state index in [9.17, 15) is 4.79 Å². The Morgan fingerprint density at radius 3 is 2.17 bits per heavy atom. The lowest BCUT2D eigenvalue weighted by atomic mass is 9.88. The summed E-state index contributed by atoms with van der Waals surface area (Å²) in [5.41, 5.74) is 1.09. The van der Waals surface area contributed by atoms with Gasteiger partial charge < -0.3 is 4.90 Å². The number of hydrogen-bond acceptors (Lipinski definition) is 3. The monoisotopic (exact) mass is 336 g/mol. The number of carbonyl (C=O) groups is 1. The van der Waals surface area contributed by atoms with Crippen LogP contribution < -0.4 is 0 Å². The second-order valence-corrected chi connectivity index (χ2v) is 7.24. The number of halogens is 1. The van der Waals surface area contributed by atoms with E-state index in [1.807, 2.05) is 38.1 Å². The molecular weight excluding hydrogens is 308 g/mol. The van der Waals surface area contributed by atoms with Crippen molar-refractivity contribution in [3.8, 4) is 0 Å². The predicted molar refractivity (Wildman–Crippen MR) is 97.2 cm³/mol. The molecule has 0 radical (unpaired) electrons. The molecule has 23 heavy (non-hydrogen) atoms. The van der Waals surface area contributed by atoms with Gasteiger partial charge in [-0.1, -0.05) is 44.5 Å². The molecule has 0 amide bonds. The Morgan fingerprint density at radius 1 is 1.09 bits per heavy atom. The highest BCUT2D eigenvalue weighted by atomic mass is 35.5. The van der Waals surface area contributed by atoms with Gasteiger partial charge in [-0.05, 0) is 30.7 Å². The normalized spacial score (nSPS) is 18.3. The minimum Gasteiger partial charge on any atom is -0.301 e. The van der Waals surface area contributed by atoms with E-state index >= 15 is 0 Å². The van der Waals surface area contributed by atoms with Gasteiger partial charge in [0.25, 0.3) is 0 Å². The minimum atomic E-state index is -0.0509. The summed E-state index contributed by atoms with van der Waals surface area (Å²) >= 11 is 6.00. The van der Waals surface area contributed by atoms with Crippen LogP contribution in [0, 0.1) is 5.92 Å². The molecule has 1 heterocycles. The summed E-state index contributed by atoms with van der Waals surface area (Å²) in [7, 11) is 0. The number of benzene rings is 1. The van der Waals surface area contributed by atoms with Crippen LogP contribution in [0.2, 0.25) is 5.02 Å². The van der Waals surface area contributed by atoms with Crippen molar-refractivity contribution in [2.45, 2.75) is 33.1 Å². The van der Waals surface area contributed by atoms with E-state index in [1.165, 1.54) is 13.0 Å². The molecule has 1 saturated heterocycles. The average molecular weight is 337 g/mol. The molecule has 4 heteroatoms. The van der Waals surface area contributed by atoms with Crippen LogP contribution in [0.4, 0.5) is 0 Å². The van der Waals surface area contributed by atoms with Gasteiger partial charge in [-0.2, -0.15) is 0 Å². The number of Topliss-reactive ketones (excluding diaryl/α,β-unsaturated/α-hetero) is 1. The molecule has 3 nitrogen and oxygen atoms in total. The van der Waals surface area contributed by atoms with Gasteiger partial charge in [-0.15, -0.1) is 0 Å². The summed E-state index contributed by atoms with van der Waals surface area (Å²) in [5, 5.41) is 0.720. The van der Waals surface area contributed by atoms with Crippen molar-refractivity contribution >= 4 is 17.4 Å². The maximum absolute atomic E-state index is 12.7.